The van der Waals surface area contributed by atoms with Crippen molar-refractivity contribution in [2.45, 2.75) is 18.5 Å². The molecular formula is C105H53F9N10. The molecule has 586 valence electrons. The number of hydrogen-bond donors (Lipinski definition) is 0. The van der Waals surface area contributed by atoms with Crippen LogP contribution in [0.3, 0.4) is 0 Å². The molecule has 0 spiro atoms. The van der Waals surface area contributed by atoms with Gasteiger partial charge in [-0.1, -0.05) is 164 Å². The van der Waals surface area contributed by atoms with Gasteiger partial charge in [-0.25, -0.2) is 0 Å². The van der Waals surface area contributed by atoms with Crippen LogP contribution in [0.2, 0.25) is 0 Å². The molecule has 0 radical (unpaired) electrons. The fourth-order valence-electron chi connectivity index (χ4n) is 17.9. The number of alkyl halides is 9. The van der Waals surface area contributed by atoms with Crippen molar-refractivity contribution < 1.29 is 39.5 Å². The van der Waals surface area contributed by atoms with Gasteiger partial charge in [-0.15, -0.1) is 0 Å². The Morgan fingerprint density at radius 3 is 0.968 bits per heavy atom. The first-order valence-corrected chi connectivity index (χ1v) is 39.0. The minimum absolute atomic E-state index is 0.0557. The Bertz CT molecular complexity index is 8230. The molecule has 0 fully saturated rings. The van der Waals surface area contributed by atoms with E-state index in [1.165, 1.54) is 30.3 Å². The van der Waals surface area contributed by atoms with Crippen molar-refractivity contribution >= 4 is 87.2 Å². The lowest BCUT2D eigenvalue weighted by molar-refractivity contribution is -0.142. The first kappa shape index (κ1) is 75.8. The van der Waals surface area contributed by atoms with Crippen molar-refractivity contribution in [2.75, 3.05) is 0 Å². The summed E-state index contributed by atoms with van der Waals surface area (Å²) in [5.41, 5.74) is 6.38. The third-order valence-corrected chi connectivity index (χ3v) is 23.5. The Labute approximate surface area is 699 Å². The molecule has 0 saturated carbocycles. The van der Waals surface area contributed by atoms with Gasteiger partial charge in [-0.05, 0) is 213 Å². The third kappa shape index (κ3) is 12.4. The second-order valence-corrected chi connectivity index (χ2v) is 30.3. The van der Waals surface area contributed by atoms with Gasteiger partial charge in [0.1, 0.15) is 12.1 Å². The summed E-state index contributed by atoms with van der Waals surface area (Å²) >= 11 is 0. The molecule has 0 atom stereocenters. The van der Waals surface area contributed by atoms with E-state index in [4.69, 9.17) is 0 Å². The predicted octanol–water partition coefficient (Wildman–Crippen LogP) is 28.0. The van der Waals surface area contributed by atoms with E-state index in [0.717, 1.165) is 39.6 Å². The zero-order valence-electron chi connectivity index (χ0n) is 64.5. The Morgan fingerprint density at radius 1 is 0.194 bits per heavy atom. The van der Waals surface area contributed by atoms with Crippen LogP contribution in [0, 0.1) is 68.0 Å². The van der Waals surface area contributed by atoms with Crippen LogP contribution < -0.4 is 0 Å². The monoisotopic (exact) mass is 1620 g/mol. The summed E-state index contributed by atoms with van der Waals surface area (Å²) in [6.07, 6.45) is -15.6. The average molecular weight is 1630 g/mol. The van der Waals surface area contributed by atoms with Crippen molar-refractivity contribution in [3.63, 3.8) is 0 Å². The number of benzene rings is 16. The van der Waals surface area contributed by atoms with Crippen LogP contribution in [0.15, 0.2) is 322 Å². The molecule has 0 aliphatic rings. The molecule has 20 rings (SSSR count). The molecule has 0 aliphatic heterocycles. The summed E-state index contributed by atoms with van der Waals surface area (Å²) in [5, 5.41) is 68.8. The minimum Gasteiger partial charge on any atom is -0.309 e. The molecular weight excluding hydrogens is 1570 g/mol. The topological polar surface area (TPSA) is 162 Å². The van der Waals surface area contributed by atoms with Gasteiger partial charge in [0.25, 0.3) is 0 Å². The molecule has 0 aliphatic carbocycles. The summed E-state index contributed by atoms with van der Waals surface area (Å²) in [6.45, 7) is 0. The van der Waals surface area contributed by atoms with Crippen LogP contribution in [0.4, 0.5) is 39.5 Å². The van der Waals surface area contributed by atoms with Crippen LogP contribution >= 0.6 is 0 Å². The molecule has 16 aromatic carbocycles. The SMILES string of the molecule is N#Cc1ccc(-c2ccc3c(c2)c2ccccc2n3-c2cc(-c3ccccc3C(F)(F)F)c(-n3c4ccc(-c5ccc(C#N)cc5)cc4c4cc(-c5cc(-c6ccc7c8ccccc8n(-c8cc(-c9c(C(F)(F)F)cccc9C(F)(F)F)c(-n9c%10ccccc%10c%10ccc(-c%11ccc(C#N)cc%11)cc%109)cc8C#N)c7c6)ccc5C#N)ccc43)cc2C#N)cc1. The lowest BCUT2D eigenvalue weighted by Crippen LogP contribution is -2.15. The summed E-state index contributed by atoms with van der Waals surface area (Å²) in [4.78, 5) is 0. The molecule has 0 bridgehead atoms. The van der Waals surface area contributed by atoms with Crippen LogP contribution in [-0.2, 0) is 18.5 Å². The molecule has 4 aromatic heterocycles. The lowest BCUT2D eigenvalue weighted by Gasteiger charge is -2.24. The zero-order valence-corrected chi connectivity index (χ0v) is 64.5. The van der Waals surface area contributed by atoms with Crippen molar-refractivity contribution in [3.8, 4) is 137 Å². The number of fused-ring (bicyclic) bond motifs is 12. The van der Waals surface area contributed by atoms with Crippen LogP contribution in [0.25, 0.3) is 188 Å². The van der Waals surface area contributed by atoms with E-state index in [1.807, 2.05) is 149 Å². The van der Waals surface area contributed by atoms with Gasteiger partial charge in [0.2, 0.25) is 0 Å². The number of nitriles is 6. The maximum absolute atomic E-state index is 16.0. The highest BCUT2D eigenvalue weighted by Gasteiger charge is 2.43. The molecule has 19 heteroatoms. The smallest absolute Gasteiger partial charge is 0.309 e. The highest BCUT2D eigenvalue weighted by molar-refractivity contribution is 6.16. The predicted molar refractivity (Wildman–Crippen MR) is 465 cm³/mol. The van der Waals surface area contributed by atoms with E-state index < -0.39 is 46.3 Å². The van der Waals surface area contributed by atoms with Gasteiger partial charge >= 0.3 is 18.5 Å². The standard InChI is InChI=1S/C105H53F9N10/c106-103(107,108)87-14-5-1-10-75(87)85-52-96(121-92-19-8-4-13-78(92)82-45-66(36-41-93(82)121)63-26-20-60(54-115)21-27-63)73(58-119)50-100(85)122-94-42-37-67(64-28-22-61(55-116)23-29-64)46-83(94)84-47-71(38-43-95(84)122)81-44-68(32-33-72(81)57-118)70-35-40-79-76-11-2-6-17-90(76)123(98(79)49-70)97-53-86(102-88(104(109,110)111)15-9-16-89(102)105(112,113)114)101(51-74(97)59-120)124-91-18-7-3-12-77(91)80-39-34-69(48-99(80)124)65-30-24-62(56-117)25-31-65/h1-53H. The molecule has 124 heavy (non-hydrogen) atoms. The fourth-order valence-corrected chi connectivity index (χ4v) is 17.9. The van der Waals surface area contributed by atoms with Crippen molar-refractivity contribution in [1.29, 1.82) is 31.6 Å². The van der Waals surface area contributed by atoms with Gasteiger partial charge in [0.05, 0.1) is 141 Å². The van der Waals surface area contributed by atoms with Crippen LogP contribution in [0.5, 0.6) is 0 Å². The molecule has 0 N–H and O–H groups in total. The minimum atomic E-state index is -5.36. The number of hydrogen-bond acceptors (Lipinski definition) is 6. The Balaban J connectivity index is 0.788. The summed E-state index contributed by atoms with van der Waals surface area (Å²) in [7, 11) is 0. The largest absolute Gasteiger partial charge is 0.417 e. The van der Waals surface area contributed by atoms with E-state index in [2.05, 4.69) is 36.4 Å². The van der Waals surface area contributed by atoms with E-state index >= 15 is 39.5 Å². The first-order chi connectivity index (χ1) is 60.1. The van der Waals surface area contributed by atoms with Gasteiger partial charge in [0, 0.05) is 65.3 Å². The van der Waals surface area contributed by atoms with Crippen molar-refractivity contribution in [2.24, 2.45) is 0 Å². The van der Waals surface area contributed by atoms with Gasteiger partial charge in [-0.2, -0.15) is 71.1 Å². The Hall–Kier alpha value is -17.0. The van der Waals surface area contributed by atoms with Crippen LogP contribution in [-0.4, -0.2) is 18.3 Å². The molecule has 0 amide bonds. The lowest BCUT2D eigenvalue weighted by atomic mass is 9.90. The normalized spacial score (nSPS) is 11.9. The summed E-state index contributed by atoms with van der Waals surface area (Å²) < 4.78 is 151. The van der Waals surface area contributed by atoms with E-state index in [0.29, 0.717) is 150 Å². The number of para-hydroxylation sites is 3. The summed E-state index contributed by atoms with van der Waals surface area (Å²) in [6, 6.07) is 102. The molecule has 0 saturated heterocycles. The van der Waals surface area contributed by atoms with Gasteiger partial charge in [0.15, 0.2) is 0 Å². The number of halogens is 9. The first-order valence-electron chi connectivity index (χ1n) is 39.0. The molecule has 20 aromatic rings. The zero-order chi connectivity index (χ0) is 85.4. The number of rotatable bonds is 11. The van der Waals surface area contributed by atoms with E-state index in [-0.39, 0.29) is 44.9 Å². The highest BCUT2D eigenvalue weighted by atomic mass is 19.4. The fraction of sp³-hybridized carbons (Fsp3) is 0.0286. The van der Waals surface area contributed by atoms with Gasteiger partial charge in [-0.3, -0.25) is 0 Å². The van der Waals surface area contributed by atoms with Crippen molar-refractivity contribution in [3.05, 3.63) is 372 Å². The Kier molecular flexibility index (Phi) is 17.7. The van der Waals surface area contributed by atoms with Crippen molar-refractivity contribution in [1.82, 2.24) is 18.3 Å². The second kappa shape index (κ2) is 28.9. The summed E-state index contributed by atoms with van der Waals surface area (Å²) in [5.74, 6) is 0. The highest BCUT2D eigenvalue weighted by Crippen LogP contribution is 2.52. The van der Waals surface area contributed by atoms with Gasteiger partial charge < -0.3 is 18.3 Å². The molecule has 0 unspecified atom stereocenters. The second-order valence-electron chi connectivity index (χ2n) is 30.3. The molecule has 4 heterocycles. The van der Waals surface area contributed by atoms with E-state index in [9.17, 15) is 31.6 Å². The van der Waals surface area contributed by atoms with E-state index in [1.54, 1.807) is 137 Å². The maximum atomic E-state index is 16.0. The maximum Gasteiger partial charge on any atom is 0.417 e. The number of aromatic nitrogens is 4. The third-order valence-electron chi connectivity index (χ3n) is 23.5. The molecule has 10 nitrogen and oxygen atoms in total. The van der Waals surface area contributed by atoms with Crippen LogP contribution in [0.1, 0.15) is 50.1 Å². The number of nitrogens with zero attached hydrogens (tertiary/aromatic N) is 10. The quantitative estimate of drug-likeness (QED) is 0.117. The Morgan fingerprint density at radius 2 is 0.508 bits per heavy atom. The average Bonchev–Trinajstić information content (AvgIpc) is 1.53.